The molecule has 1 aromatic carbocycles. The summed E-state index contributed by atoms with van der Waals surface area (Å²) in [6, 6.07) is 9.59. The Hall–Kier alpha value is -1.83. The quantitative estimate of drug-likeness (QED) is 0.669. The van der Waals surface area contributed by atoms with E-state index in [4.69, 9.17) is 11.6 Å². The number of hydrogen-bond acceptors (Lipinski definition) is 3. The summed E-state index contributed by atoms with van der Waals surface area (Å²) >= 11 is 7.48. The van der Waals surface area contributed by atoms with E-state index in [0.717, 1.165) is 36.8 Å². The maximum absolute atomic E-state index is 12.5. The molecule has 1 amide bonds. The maximum Gasteiger partial charge on any atom is 0.229 e. The highest BCUT2D eigenvalue weighted by atomic mass is 35.5. The molecule has 5 heteroatoms. The van der Waals surface area contributed by atoms with Crippen molar-refractivity contribution in [2.75, 3.05) is 5.32 Å². The van der Waals surface area contributed by atoms with Gasteiger partial charge in [0.1, 0.15) is 11.1 Å². The molecule has 1 atom stereocenters. The zero-order valence-electron chi connectivity index (χ0n) is 16.1. The summed E-state index contributed by atoms with van der Waals surface area (Å²) in [5, 5.41) is 14.0. The number of rotatable bonds is 5. The highest BCUT2D eigenvalue weighted by Gasteiger charge is 2.34. The average molecular weight is 401 g/mol. The van der Waals surface area contributed by atoms with Crippen LogP contribution < -0.4 is 5.32 Å². The van der Waals surface area contributed by atoms with Gasteiger partial charge < -0.3 is 5.32 Å². The van der Waals surface area contributed by atoms with E-state index in [9.17, 15) is 10.1 Å². The van der Waals surface area contributed by atoms with Gasteiger partial charge in [0, 0.05) is 9.90 Å². The van der Waals surface area contributed by atoms with Crippen molar-refractivity contribution in [2.45, 2.75) is 52.9 Å². The molecule has 2 aromatic rings. The van der Waals surface area contributed by atoms with Crippen LogP contribution in [0.2, 0.25) is 5.02 Å². The number of carbonyl (C=O) groups is 1. The number of hydrogen-bond donors (Lipinski definition) is 1. The lowest BCUT2D eigenvalue weighted by Crippen LogP contribution is -2.28. The first-order chi connectivity index (χ1) is 12.8. The number of thiophene rings is 1. The summed E-state index contributed by atoms with van der Waals surface area (Å²) < 4.78 is 0. The Morgan fingerprint density at radius 1 is 1.37 bits per heavy atom. The third-order valence-electron chi connectivity index (χ3n) is 5.92. The SMILES string of the molecule is CCC(C)(C)C1CCc2c(sc(NC(=O)Cc3ccc(Cl)cc3)c2C#N)C1. The number of anilines is 1. The number of halogens is 1. The van der Waals surface area contributed by atoms with Crippen LogP contribution in [-0.4, -0.2) is 5.91 Å². The van der Waals surface area contributed by atoms with Crippen molar-refractivity contribution in [3.05, 3.63) is 50.9 Å². The van der Waals surface area contributed by atoms with Gasteiger partial charge in [-0.25, -0.2) is 0 Å². The summed E-state index contributed by atoms with van der Waals surface area (Å²) in [5.41, 5.74) is 3.01. The van der Waals surface area contributed by atoms with Gasteiger partial charge in [0.15, 0.2) is 0 Å². The fourth-order valence-electron chi connectivity index (χ4n) is 3.71. The highest BCUT2D eigenvalue weighted by Crippen LogP contribution is 2.45. The Balaban J connectivity index is 1.76. The standard InChI is InChI=1S/C22H25ClN2OS/c1-4-22(2,3)15-7-10-17-18(13-24)21(27-19(17)12-15)25-20(26)11-14-5-8-16(23)9-6-14/h5-6,8-9,15H,4,7,10-12H2,1-3H3,(H,25,26). The topological polar surface area (TPSA) is 52.9 Å². The predicted molar refractivity (Wildman–Crippen MR) is 112 cm³/mol. The third-order valence-corrected chi connectivity index (χ3v) is 7.35. The van der Waals surface area contributed by atoms with Crippen LogP contribution in [0.3, 0.4) is 0 Å². The van der Waals surface area contributed by atoms with E-state index in [-0.39, 0.29) is 12.3 Å². The van der Waals surface area contributed by atoms with Crippen molar-refractivity contribution in [3.8, 4) is 6.07 Å². The molecular weight excluding hydrogens is 376 g/mol. The second-order valence-electron chi connectivity index (χ2n) is 7.95. The molecule has 3 rings (SSSR count). The Bertz CT molecular complexity index is 877. The third kappa shape index (κ3) is 4.36. The molecule has 0 spiro atoms. The van der Waals surface area contributed by atoms with E-state index < -0.39 is 0 Å². The molecule has 0 bridgehead atoms. The molecule has 0 aliphatic heterocycles. The summed E-state index contributed by atoms with van der Waals surface area (Å²) in [7, 11) is 0. The van der Waals surface area contributed by atoms with Crippen molar-refractivity contribution in [3.63, 3.8) is 0 Å². The maximum atomic E-state index is 12.5. The second-order valence-corrected chi connectivity index (χ2v) is 9.49. The van der Waals surface area contributed by atoms with E-state index in [1.807, 2.05) is 12.1 Å². The summed E-state index contributed by atoms with van der Waals surface area (Å²) in [6.07, 6.45) is 4.46. The second kappa shape index (κ2) is 8.04. The number of nitrogens with zero attached hydrogens (tertiary/aromatic N) is 1. The average Bonchev–Trinajstić information content (AvgIpc) is 2.99. The minimum Gasteiger partial charge on any atom is -0.316 e. The van der Waals surface area contributed by atoms with Gasteiger partial charge in [-0.2, -0.15) is 5.26 Å². The monoisotopic (exact) mass is 400 g/mol. The van der Waals surface area contributed by atoms with E-state index >= 15 is 0 Å². The van der Waals surface area contributed by atoms with Crippen LogP contribution in [0.4, 0.5) is 5.00 Å². The molecule has 27 heavy (non-hydrogen) atoms. The number of fused-ring (bicyclic) bond motifs is 1. The number of benzene rings is 1. The van der Waals surface area contributed by atoms with E-state index in [0.29, 0.717) is 26.9 Å². The molecule has 0 fully saturated rings. The van der Waals surface area contributed by atoms with Gasteiger partial charge in [0.05, 0.1) is 12.0 Å². The minimum absolute atomic E-state index is 0.0992. The van der Waals surface area contributed by atoms with Crippen LogP contribution in [0.25, 0.3) is 0 Å². The number of carbonyl (C=O) groups excluding carboxylic acids is 1. The molecule has 0 saturated heterocycles. The molecule has 142 valence electrons. The Labute approximate surface area is 170 Å². The first kappa shape index (κ1) is 19.9. The first-order valence-electron chi connectivity index (χ1n) is 9.43. The fourth-order valence-corrected chi connectivity index (χ4v) is 5.13. The van der Waals surface area contributed by atoms with Crippen molar-refractivity contribution in [2.24, 2.45) is 11.3 Å². The highest BCUT2D eigenvalue weighted by molar-refractivity contribution is 7.16. The molecule has 1 aliphatic rings. The minimum atomic E-state index is -0.0992. The van der Waals surface area contributed by atoms with E-state index in [1.54, 1.807) is 23.5 Å². The summed E-state index contributed by atoms with van der Waals surface area (Å²) in [6.45, 7) is 6.90. The van der Waals surface area contributed by atoms with Crippen LogP contribution in [0.1, 0.15) is 55.2 Å². The van der Waals surface area contributed by atoms with Crippen LogP contribution in [0.5, 0.6) is 0 Å². The lowest BCUT2D eigenvalue weighted by Gasteiger charge is -2.36. The number of amides is 1. The van der Waals surface area contributed by atoms with Crippen LogP contribution >= 0.6 is 22.9 Å². The Kier molecular flexibility index (Phi) is 5.93. The van der Waals surface area contributed by atoms with Gasteiger partial charge in [0.25, 0.3) is 0 Å². The first-order valence-corrected chi connectivity index (χ1v) is 10.6. The van der Waals surface area contributed by atoms with Crippen molar-refractivity contribution in [1.29, 1.82) is 5.26 Å². The van der Waals surface area contributed by atoms with Gasteiger partial charge in [-0.05, 0) is 53.9 Å². The fraction of sp³-hybridized carbons (Fsp3) is 0.455. The van der Waals surface area contributed by atoms with Gasteiger partial charge in [-0.3, -0.25) is 4.79 Å². The molecule has 0 saturated carbocycles. The summed E-state index contributed by atoms with van der Waals surface area (Å²) in [5.74, 6) is 0.524. The Morgan fingerprint density at radius 2 is 2.07 bits per heavy atom. The predicted octanol–water partition coefficient (Wildman–Crippen LogP) is 6.00. The molecule has 0 radical (unpaired) electrons. The zero-order valence-corrected chi connectivity index (χ0v) is 17.6. The normalized spacial score (nSPS) is 16.5. The Morgan fingerprint density at radius 3 is 2.70 bits per heavy atom. The van der Waals surface area contributed by atoms with Crippen LogP contribution in [0, 0.1) is 22.7 Å². The van der Waals surface area contributed by atoms with Crippen molar-refractivity contribution >= 4 is 33.8 Å². The van der Waals surface area contributed by atoms with Crippen molar-refractivity contribution < 1.29 is 4.79 Å². The lowest BCUT2D eigenvalue weighted by molar-refractivity contribution is -0.115. The molecule has 1 heterocycles. The molecule has 1 N–H and O–H groups in total. The van der Waals surface area contributed by atoms with Crippen LogP contribution in [-0.2, 0) is 24.1 Å². The van der Waals surface area contributed by atoms with E-state index in [1.165, 1.54) is 4.88 Å². The van der Waals surface area contributed by atoms with Crippen molar-refractivity contribution in [1.82, 2.24) is 0 Å². The molecule has 1 unspecified atom stereocenters. The van der Waals surface area contributed by atoms with Gasteiger partial charge >= 0.3 is 0 Å². The van der Waals surface area contributed by atoms with Gasteiger partial charge in [-0.1, -0.05) is 50.9 Å². The molecule has 1 aromatic heterocycles. The molecular formula is C22H25ClN2OS. The summed E-state index contributed by atoms with van der Waals surface area (Å²) in [4.78, 5) is 13.7. The number of nitriles is 1. The number of nitrogens with one attached hydrogen (secondary N) is 1. The van der Waals surface area contributed by atoms with E-state index in [2.05, 4.69) is 32.2 Å². The van der Waals surface area contributed by atoms with Gasteiger partial charge in [0.2, 0.25) is 5.91 Å². The van der Waals surface area contributed by atoms with Gasteiger partial charge in [-0.15, -0.1) is 11.3 Å². The van der Waals surface area contributed by atoms with Crippen LogP contribution in [0.15, 0.2) is 24.3 Å². The smallest absolute Gasteiger partial charge is 0.229 e. The molecule has 3 nitrogen and oxygen atoms in total. The lowest BCUT2D eigenvalue weighted by atomic mass is 9.69. The zero-order chi connectivity index (χ0) is 19.6. The molecule has 1 aliphatic carbocycles. The largest absolute Gasteiger partial charge is 0.316 e.